The van der Waals surface area contributed by atoms with Crippen LogP contribution in [0.5, 0.6) is 5.88 Å². The molecule has 1 aliphatic heterocycles. The van der Waals surface area contributed by atoms with Gasteiger partial charge in [-0.1, -0.05) is 6.07 Å². The van der Waals surface area contributed by atoms with Gasteiger partial charge in [0.1, 0.15) is 23.8 Å². The monoisotopic (exact) mass is 449 g/mol. The molecule has 0 bridgehead atoms. The van der Waals surface area contributed by atoms with Crippen LogP contribution in [0.3, 0.4) is 0 Å². The van der Waals surface area contributed by atoms with Gasteiger partial charge in [0.25, 0.3) is 0 Å². The van der Waals surface area contributed by atoms with E-state index >= 15 is 0 Å². The minimum atomic E-state index is -3.60. The summed E-state index contributed by atoms with van der Waals surface area (Å²) in [5, 5.41) is 12.8. The number of carbonyl (C=O) groups is 1. The van der Waals surface area contributed by atoms with Gasteiger partial charge in [-0.05, 0) is 41.5 Å². The summed E-state index contributed by atoms with van der Waals surface area (Å²) in [7, 11) is -2.03. The highest BCUT2D eigenvalue weighted by atomic mass is 32.2. The SMILES string of the molecule is CO[C@@H]1COc2c([S@](N)(=O)=NC(=O)Nc3c4c(cc5c3C[C@H](F)C5)CCC4)cnn2C1. The van der Waals surface area contributed by atoms with Crippen LogP contribution in [0.1, 0.15) is 28.7 Å². The van der Waals surface area contributed by atoms with Gasteiger partial charge in [-0.25, -0.2) is 23.2 Å². The molecule has 0 spiro atoms. The first-order valence-corrected chi connectivity index (χ1v) is 11.8. The maximum Gasteiger partial charge on any atom is 0.354 e. The highest BCUT2D eigenvalue weighted by Gasteiger charge is 2.31. The average Bonchev–Trinajstić information content (AvgIpc) is 3.44. The van der Waals surface area contributed by atoms with Crippen molar-refractivity contribution in [2.75, 3.05) is 19.0 Å². The number of rotatable bonds is 3. The Morgan fingerprint density at radius 2 is 2.23 bits per heavy atom. The number of hydrogen-bond acceptors (Lipinski definition) is 5. The molecule has 0 saturated heterocycles. The van der Waals surface area contributed by atoms with Crippen molar-refractivity contribution in [3.8, 4) is 5.88 Å². The molecular formula is C20H24FN5O4S. The Labute approximate surface area is 179 Å². The number of nitrogens with zero attached hydrogens (tertiary/aromatic N) is 3. The van der Waals surface area contributed by atoms with Gasteiger partial charge >= 0.3 is 6.03 Å². The highest BCUT2D eigenvalue weighted by Crippen LogP contribution is 2.39. The second-order valence-corrected chi connectivity index (χ2v) is 9.90. The van der Waals surface area contributed by atoms with E-state index in [4.69, 9.17) is 14.6 Å². The number of alkyl halides is 1. The molecule has 2 heterocycles. The molecule has 0 unspecified atom stereocenters. The summed E-state index contributed by atoms with van der Waals surface area (Å²) < 4.78 is 43.3. The fourth-order valence-corrected chi connectivity index (χ4v) is 5.65. The largest absolute Gasteiger partial charge is 0.474 e. The van der Waals surface area contributed by atoms with E-state index in [-0.39, 0.29) is 29.9 Å². The van der Waals surface area contributed by atoms with Crippen LogP contribution < -0.4 is 15.2 Å². The van der Waals surface area contributed by atoms with Crippen molar-refractivity contribution >= 4 is 21.6 Å². The zero-order valence-electron chi connectivity index (χ0n) is 17.1. The second kappa shape index (κ2) is 7.57. The van der Waals surface area contributed by atoms with Gasteiger partial charge in [-0.3, -0.25) is 0 Å². The third kappa shape index (κ3) is 3.60. The molecule has 1 aromatic carbocycles. The van der Waals surface area contributed by atoms with Crippen molar-refractivity contribution in [1.82, 2.24) is 9.78 Å². The summed E-state index contributed by atoms with van der Waals surface area (Å²) in [5.74, 6) is 0.221. The van der Waals surface area contributed by atoms with Crippen LogP contribution in [0, 0.1) is 0 Å². The molecule has 1 aromatic heterocycles. The number of aryl methyl sites for hydroxylation is 1. The highest BCUT2D eigenvalue weighted by molar-refractivity contribution is 7.91. The molecule has 2 aromatic rings. The van der Waals surface area contributed by atoms with E-state index in [0.29, 0.717) is 18.7 Å². The van der Waals surface area contributed by atoms with Crippen molar-refractivity contribution in [2.24, 2.45) is 9.50 Å². The van der Waals surface area contributed by atoms with Gasteiger partial charge in [0.15, 0.2) is 9.92 Å². The van der Waals surface area contributed by atoms with Crippen LogP contribution in [0.15, 0.2) is 21.5 Å². The summed E-state index contributed by atoms with van der Waals surface area (Å²) in [4.78, 5) is 12.8. The lowest BCUT2D eigenvalue weighted by molar-refractivity contribution is 0.0165. The van der Waals surface area contributed by atoms with E-state index in [2.05, 4.69) is 20.8 Å². The van der Waals surface area contributed by atoms with Crippen LogP contribution >= 0.6 is 0 Å². The number of benzene rings is 1. The zero-order valence-corrected chi connectivity index (χ0v) is 17.9. The van der Waals surface area contributed by atoms with Crippen LogP contribution in [-0.2, 0) is 46.9 Å². The van der Waals surface area contributed by atoms with Gasteiger partial charge in [0.05, 0.1) is 12.7 Å². The smallest absolute Gasteiger partial charge is 0.354 e. The van der Waals surface area contributed by atoms with Gasteiger partial charge in [-0.15, -0.1) is 4.36 Å². The fraction of sp³-hybridized carbons (Fsp3) is 0.500. The van der Waals surface area contributed by atoms with E-state index in [1.54, 1.807) is 7.11 Å². The van der Waals surface area contributed by atoms with Crippen molar-refractivity contribution in [3.63, 3.8) is 0 Å². The van der Waals surface area contributed by atoms with E-state index in [1.807, 2.05) is 0 Å². The summed E-state index contributed by atoms with van der Waals surface area (Å²) in [6.45, 7) is 0.670. The first-order valence-electron chi connectivity index (χ1n) is 10.2. The number of amides is 2. The van der Waals surface area contributed by atoms with Crippen LogP contribution in [0.4, 0.5) is 14.9 Å². The molecule has 0 radical (unpaired) electrons. The molecule has 3 atom stereocenters. The van der Waals surface area contributed by atoms with E-state index < -0.39 is 22.1 Å². The van der Waals surface area contributed by atoms with E-state index in [1.165, 1.54) is 10.9 Å². The van der Waals surface area contributed by atoms with E-state index in [9.17, 15) is 13.4 Å². The van der Waals surface area contributed by atoms with Gasteiger partial charge in [0.2, 0.25) is 5.88 Å². The Morgan fingerprint density at radius 3 is 3.03 bits per heavy atom. The number of ether oxygens (including phenoxy) is 2. The summed E-state index contributed by atoms with van der Waals surface area (Å²) in [6.07, 6.45) is 3.44. The maximum atomic E-state index is 14.1. The molecule has 11 heteroatoms. The summed E-state index contributed by atoms with van der Waals surface area (Å²) in [5.41, 5.74) is 4.46. The second-order valence-electron chi connectivity index (χ2n) is 8.14. The van der Waals surface area contributed by atoms with Crippen LogP contribution in [0.2, 0.25) is 0 Å². The summed E-state index contributed by atoms with van der Waals surface area (Å²) in [6, 6.07) is 1.22. The molecule has 5 rings (SSSR count). The lowest BCUT2D eigenvalue weighted by atomic mass is 9.99. The Bertz CT molecular complexity index is 1190. The maximum absolute atomic E-state index is 14.1. The minimum absolute atomic E-state index is 0.0598. The molecule has 2 aliphatic carbocycles. The number of hydrogen-bond donors (Lipinski definition) is 2. The molecule has 166 valence electrons. The Hall–Kier alpha value is -2.50. The molecule has 31 heavy (non-hydrogen) atoms. The quantitative estimate of drug-likeness (QED) is 0.744. The predicted molar refractivity (Wildman–Crippen MR) is 111 cm³/mol. The van der Waals surface area contributed by atoms with Crippen molar-refractivity contribution in [2.45, 2.75) is 55.8 Å². The number of aromatic nitrogens is 2. The first kappa shape index (κ1) is 20.4. The Balaban J connectivity index is 1.45. The predicted octanol–water partition coefficient (Wildman–Crippen LogP) is 2.15. The zero-order chi connectivity index (χ0) is 21.8. The summed E-state index contributed by atoms with van der Waals surface area (Å²) >= 11 is 0. The van der Waals surface area contributed by atoms with Gasteiger partial charge in [-0.2, -0.15) is 5.10 Å². The topological polar surface area (TPSA) is 121 Å². The van der Waals surface area contributed by atoms with E-state index in [0.717, 1.165) is 41.5 Å². The molecular weight excluding hydrogens is 425 g/mol. The van der Waals surface area contributed by atoms with Crippen molar-refractivity contribution in [1.29, 1.82) is 0 Å². The van der Waals surface area contributed by atoms with Gasteiger partial charge < -0.3 is 14.8 Å². The van der Waals surface area contributed by atoms with Crippen molar-refractivity contribution < 1.29 is 22.9 Å². The number of nitrogens with one attached hydrogen (secondary N) is 1. The Morgan fingerprint density at radius 1 is 1.39 bits per heavy atom. The molecule has 3 N–H and O–H groups in total. The first-order chi connectivity index (χ1) is 14.9. The standard InChI is InChI=1S/C20H24FN5O4S/c1-29-14-9-26-19(30-10-14)17(8-23-26)31(22,28)25-20(27)24-18-15-4-2-3-11(15)5-12-6-13(21)7-16(12)18/h5,8,13-14H,2-4,6-7,9-10H2,1H3,(H3,22,24,25,27,28)/t13-,14+,31-/m1/s1. The minimum Gasteiger partial charge on any atom is -0.474 e. The molecule has 0 saturated carbocycles. The normalized spacial score (nSPS) is 23.3. The van der Waals surface area contributed by atoms with Crippen LogP contribution in [-0.4, -0.2) is 46.0 Å². The third-order valence-electron chi connectivity index (χ3n) is 6.11. The fourth-order valence-electron chi connectivity index (χ4n) is 4.65. The third-order valence-corrected chi connectivity index (χ3v) is 7.46. The lowest BCUT2D eigenvalue weighted by Gasteiger charge is -2.23. The number of nitrogens with two attached hydrogens (primary N) is 1. The van der Waals surface area contributed by atoms with Crippen molar-refractivity contribution in [3.05, 3.63) is 34.5 Å². The number of methoxy groups -OCH3 is 1. The number of carbonyl (C=O) groups excluding carboxylic acids is 1. The van der Waals surface area contributed by atoms with Crippen LogP contribution in [0.25, 0.3) is 0 Å². The Kier molecular flexibility index (Phi) is 4.98. The number of anilines is 1. The number of fused-ring (bicyclic) bond motifs is 3. The number of urea groups is 1. The molecule has 3 aliphatic rings. The molecule has 0 fully saturated rings. The van der Waals surface area contributed by atoms with Gasteiger partial charge in [0, 0.05) is 25.6 Å². The molecule has 2 amide bonds. The molecule has 9 nitrogen and oxygen atoms in total. The average molecular weight is 450 g/mol. The lowest BCUT2D eigenvalue weighted by Crippen LogP contribution is -2.32. The number of halogens is 1.